The summed E-state index contributed by atoms with van der Waals surface area (Å²) in [5, 5.41) is 2.33. The van der Waals surface area contributed by atoms with Crippen LogP contribution in [0.5, 0.6) is 5.75 Å². The van der Waals surface area contributed by atoms with Crippen molar-refractivity contribution in [3.05, 3.63) is 59.2 Å². The van der Waals surface area contributed by atoms with E-state index >= 15 is 0 Å². The van der Waals surface area contributed by atoms with Crippen molar-refractivity contribution in [2.24, 2.45) is 0 Å². The van der Waals surface area contributed by atoms with E-state index in [9.17, 15) is 18.0 Å². The number of alkyl halides is 3. The Kier molecular flexibility index (Phi) is 7.80. The molecule has 7 heteroatoms. The van der Waals surface area contributed by atoms with Crippen LogP contribution in [0.25, 0.3) is 0 Å². The largest absolute Gasteiger partial charge is 0.493 e. The third-order valence-corrected chi connectivity index (χ3v) is 5.02. The van der Waals surface area contributed by atoms with E-state index in [1.807, 2.05) is 25.1 Å². The van der Waals surface area contributed by atoms with E-state index in [0.717, 1.165) is 11.8 Å². The molecule has 0 radical (unpaired) electrons. The maximum absolute atomic E-state index is 12.9. The zero-order valence-corrected chi connectivity index (χ0v) is 16.9. The first-order valence-electron chi connectivity index (χ1n) is 8.95. The number of hydrogen-bond acceptors (Lipinski definition) is 3. The van der Waals surface area contributed by atoms with Crippen LogP contribution < -0.4 is 10.1 Å². The van der Waals surface area contributed by atoms with E-state index in [1.54, 1.807) is 0 Å². The quantitative estimate of drug-likeness (QED) is 0.551. The highest BCUT2D eigenvalue weighted by molar-refractivity contribution is 7.99. The maximum atomic E-state index is 12.9. The van der Waals surface area contributed by atoms with Gasteiger partial charge in [-0.05, 0) is 48.2 Å². The summed E-state index contributed by atoms with van der Waals surface area (Å²) in [5.41, 5.74) is 1.37. The first-order valence-corrected chi connectivity index (χ1v) is 10.1. The summed E-state index contributed by atoms with van der Waals surface area (Å²) in [5.74, 6) is 1.36. The van der Waals surface area contributed by atoms with E-state index in [4.69, 9.17) is 4.74 Å². The molecule has 0 saturated carbocycles. The normalized spacial score (nSPS) is 11.5. The first-order chi connectivity index (χ1) is 13.2. The summed E-state index contributed by atoms with van der Waals surface area (Å²) in [6, 6.07) is 10.9. The number of rotatable bonds is 8. The molecule has 0 saturated heterocycles. The van der Waals surface area contributed by atoms with Gasteiger partial charge in [-0.3, -0.25) is 4.79 Å². The van der Waals surface area contributed by atoms with Crippen LogP contribution in [0.3, 0.4) is 0 Å². The lowest BCUT2D eigenvalue weighted by molar-refractivity contribution is -0.137. The molecule has 0 aliphatic rings. The third-order valence-electron chi connectivity index (χ3n) is 4.10. The van der Waals surface area contributed by atoms with Crippen molar-refractivity contribution in [1.82, 2.24) is 0 Å². The highest BCUT2D eigenvalue weighted by Gasteiger charge is 2.33. The van der Waals surface area contributed by atoms with Crippen LogP contribution in [0.1, 0.15) is 36.5 Å². The average molecular weight is 411 g/mol. The molecular weight excluding hydrogens is 387 g/mol. The van der Waals surface area contributed by atoms with Crippen molar-refractivity contribution in [1.29, 1.82) is 0 Å². The second-order valence-electron chi connectivity index (χ2n) is 6.67. The van der Waals surface area contributed by atoms with Gasteiger partial charge >= 0.3 is 6.18 Å². The van der Waals surface area contributed by atoms with Crippen LogP contribution in [0, 0.1) is 6.92 Å². The van der Waals surface area contributed by atoms with Gasteiger partial charge < -0.3 is 10.1 Å². The van der Waals surface area contributed by atoms with Crippen molar-refractivity contribution >= 4 is 23.4 Å². The van der Waals surface area contributed by atoms with Gasteiger partial charge in [0.1, 0.15) is 5.75 Å². The molecule has 0 aromatic heterocycles. The van der Waals surface area contributed by atoms with E-state index in [1.165, 1.54) is 41.1 Å². The molecule has 0 aliphatic carbocycles. The molecule has 2 aromatic carbocycles. The fourth-order valence-electron chi connectivity index (χ4n) is 2.79. The van der Waals surface area contributed by atoms with Gasteiger partial charge in [-0.1, -0.05) is 32.0 Å². The maximum Gasteiger partial charge on any atom is 0.418 e. The number of hydrogen-bond donors (Lipinski definition) is 1. The number of carbonyl (C=O) groups excluding carboxylic acids is 1. The van der Waals surface area contributed by atoms with Crippen molar-refractivity contribution < 1.29 is 22.7 Å². The summed E-state index contributed by atoms with van der Waals surface area (Å²) >= 11 is 1.31. The van der Waals surface area contributed by atoms with Gasteiger partial charge in [0.05, 0.1) is 23.6 Å². The number of para-hydroxylation sites is 1. The zero-order chi connectivity index (χ0) is 20.7. The Hall–Kier alpha value is -2.15. The number of nitrogens with one attached hydrogen (secondary N) is 1. The highest BCUT2D eigenvalue weighted by Crippen LogP contribution is 2.34. The lowest BCUT2D eigenvalue weighted by Gasteiger charge is -2.13. The Balaban J connectivity index is 1.76. The van der Waals surface area contributed by atoms with Crippen LogP contribution in [0.4, 0.5) is 18.9 Å². The highest BCUT2D eigenvalue weighted by atomic mass is 32.2. The van der Waals surface area contributed by atoms with Crippen molar-refractivity contribution in [2.75, 3.05) is 23.4 Å². The Morgan fingerprint density at radius 2 is 1.89 bits per heavy atom. The number of thioether (sulfide) groups is 1. The number of anilines is 1. The molecule has 2 aromatic rings. The van der Waals surface area contributed by atoms with E-state index in [2.05, 4.69) is 19.2 Å². The summed E-state index contributed by atoms with van der Waals surface area (Å²) < 4.78 is 44.5. The second kappa shape index (κ2) is 9.87. The Bertz CT molecular complexity index is 806. The fourth-order valence-corrected chi connectivity index (χ4v) is 3.40. The van der Waals surface area contributed by atoms with Gasteiger partial charge in [0.15, 0.2) is 0 Å². The fraction of sp³-hybridized carbons (Fsp3) is 0.381. The van der Waals surface area contributed by atoms with Crippen LogP contribution in [0.2, 0.25) is 0 Å². The summed E-state index contributed by atoms with van der Waals surface area (Å²) in [6.07, 6.45) is -4.51. The summed E-state index contributed by atoms with van der Waals surface area (Å²) in [6.45, 7) is 6.73. The molecule has 0 atom stereocenters. The summed E-state index contributed by atoms with van der Waals surface area (Å²) in [4.78, 5) is 11.9. The van der Waals surface area contributed by atoms with Crippen LogP contribution in [-0.4, -0.2) is 24.0 Å². The van der Waals surface area contributed by atoms with Gasteiger partial charge in [0, 0.05) is 5.75 Å². The lowest BCUT2D eigenvalue weighted by Crippen LogP contribution is -2.18. The molecule has 0 bridgehead atoms. The number of aryl methyl sites for hydroxylation is 1. The van der Waals surface area contributed by atoms with Gasteiger partial charge in [0.2, 0.25) is 5.91 Å². The Labute approximate surface area is 167 Å². The molecule has 28 heavy (non-hydrogen) atoms. The molecule has 1 amide bonds. The predicted molar refractivity (Wildman–Crippen MR) is 108 cm³/mol. The van der Waals surface area contributed by atoms with E-state index in [-0.39, 0.29) is 11.4 Å². The monoisotopic (exact) mass is 411 g/mol. The first kappa shape index (κ1) is 22.1. The smallest absolute Gasteiger partial charge is 0.418 e. The molecule has 3 nitrogen and oxygen atoms in total. The van der Waals surface area contributed by atoms with Gasteiger partial charge in [-0.15, -0.1) is 11.8 Å². The molecule has 2 rings (SSSR count). The number of amides is 1. The second-order valence-corrected chi connectivity index (χ2v) is 7.77. The standard InChI is InChI=1S/C21H24F3NO2S/c1-14(2)17-9-8-16(12-15(17)3)27-10-11-28-13-20(26)25-19-7-5-4-6-18(19)21(22,23)24/h4-9,12,14H,10-11,13H2,1-3H3,(H,25,26). The van der Waals surface area contributed by atoms with E-state index < -0.39 is 17.6 Å². The summed E-state index contributed by atoms with van der Waals surface area (Å²) in [7, 11) is 0. The SMILES string of the molecule is Cc1cc(OCCSCC(=O)Nc2ccccc2C(F)(F)F)ccc1C(C)C. The number of carbonyl (C=O) groups is 1. The zero-order valence-electron chi connectivity index (χ0n) is 16.1. The predicted octanol–water partition coefficient (Wildman–Crippen LogP) is 5.89. The number of ether oxygens (including phenoxy) is 1. The molecule has 0 unspecified atom stereocenters. The van der Waals surface area contributed by atoms with E-state index in [0.29, 0.717) is 18.3 Å². The Morgan fingerprint density at radius 3 is 2.54 bits per heavy atom. The van der Waals surface area contributed by atoms with Crippen LogP contribution in [0.15, 0.2) is 42.5 Å². The van der Waals surface area contributed by atoms with Crippen LogP contribution >= 0.6 is 11.8 Å². The average Bonchev–Trinajstić information content (AvgIpc) is 2.60. The molecule has 1 N–H and O–H groups in total. The molecule has 0 aliphatic heterocycles. The van der Waals surface area contributed by atoms with Crippen molar-refractivity contribution in [3.8, 4) is 5.75 Å². The van der Waals surface area contributed by atoms with Gasteiger partial charge in [-0.2, -0.15) is 13.2 Å². The minimum Gasteiger partial charge on any atom is -0.493 e. The molecule has 0 heterocycles. The third kappa shape index (κ3) is 6.48. The van der Waals surface area contributed by atoms with Crippen molar-refractivity contribution in [3.63, 3.8) is 0 Å². The minimum absolute atomic E-state index is 0.0564. The molecule has 0 spiro atoms. The number of benzene rings is 2. The molecular formula is C21H24F3NO2S. The molecule has 152 valence electrons. The lowest BCUT2D eigenvalue weighted by atomic mass is 9.98. The number of halogens is 3. The van der Waals surface area contributed by atoms with Crippen molar-refractivity contribution in [2.45, 2.75) is 32.9 Å². The van der Waals surface area contributed by atoms with Crippen LogP contribution in [-0.2, 0) is 11.0 Å². The topological polar surface area (TPSA) is 38.3 Å². The Morgan fingerprint density at radius 1 is 1.18 bits per heavy atom. The van der Waals surface area contributed by atoms with Gasteiger partial charge in [-0.25, -0.2) is 0 Å². The minimum atomic E-state index is -4.51. The molecule has 0 fully saturated rings. The van der Waals surface area contributed by atoms with Gasteiger partial charge in [0.25, 0.3) is 0 Å².